The van der Waals surface area contributed by atoms with Gasteiger partial charge in [-0.2, -0.15) is 13.2 Å². The lowest BCUT2D eigenvalue weighted by atomic mass is 10.1. The molecule has 1 amide bonds. The third-order valence-corrected chi connectivity index (χ3v) is 5.95. The predicted molar refractivity (Wildman–Crippen MR) is 107 cm³/mol. The standard InChI is InChI=1S/C19H14F3N5OS2/c20-19(21,22)13-6-7-14-25-26-18(27(14)10-13)30-11-15(28)24-16(17-23-8-9-29-17)12-4-2-1-3-5-12/h1-10,16H,11H2,(H,24,28). The van der Waals surface area contributed by atoms with Crippen molar-refractivity contribution in [3.05, 3.63) is 76.4 Å². The molecular weight excluding hydrogens is 435 g/mol. The van der Waals surface area contributed by atoms with Crippen molar-refractivity contribution >= 4 is 34.7 Å². The smallest absolute Gasteiger partial charge is 0.342 e. The van der Waals surface area contributed by atoms with Gasteiger partial charge in [-0.05, 0) is 17.7 Å². The number of nitrogens with zero attached hydrogens (tertiary/aromatic N) is 4. The SMILES string of the molecule is O=C(CSc1nnc2ccc(C(F)(F)F)cn12)NC(c1ccccc1)c1nccs1. The maximum Gasteiger partial charge on any atom is 0.417 e. The number of alkyl halides is 3. The molecule has 0 aliphatic heterocycles. The lowest BCUT2D eigenvalue weighted by Gasteiger charge is -2.17. The quantitative estimate of drug-likeness (QED) is 0.447. The Bertz CT molecular complexity index is 1150. The van der Waals surface area contributed by atoms with Crippen LogP contribution in [0.3, 0.4) is 0 Å². The molecular formula is C19H14F3N5OS2. The second-order valence-electron chi connectivity index (χ2n) is 6.20. The van der Waals surface area contributed by atoms with Crippen LogP contribution >= 0.6 is 23.1 Å². The van der Waals surface area contributed by atoms with Gasteiger partial charge in [-0.1, -0.05) is 42.1 Å². The fourth-order valence-corrected chi connectivity index (χ4v) is 4.22. The zero-order valence-corrected chi connectivity index (χ0v) is 16.8. The van der Waals surface area contributed by atoms with Crippen LogP contribution in [0.2, 0.25) is 0 Å². The summed E-state index contributed by atoms with van der Waals surface area (Å²) >= 11 is 2.44. The molecule has 30 heavy (non-hydrogen) atoms. The lowest BCUT2D eigenvalue weighted by molar-refractivity contribution is -0.137. The number of carbonyl (C=O) groups is 1. The first-order valence-corrected chi connectivity index (χ1v) is 10.6. The molecule has 0 aliphatic carbocycles. The van der Waals surface area contributed by atoms with Gasteiger partial charge in [0.25, 0.3) is 0 Å². The van der Waals surface area contributed by atoms with E-state index in [2.05, 4.69) is 20.5 Å². The first-order chi connectivity index (χ1) is 14.4. The Morgan fingerprint density at radius 1 is 1.17 bits per heavy atom. The minimum atomic E-state index is -4.48. The number of pyridine rings is 1. The highest BCUT2D eigenvalue weighted by Crippen LogP contribution is 2.30. The summed E-state index contributed by atoms with van der Waals surface area (Å²) in [5.74, 6) is -0.334. The van der Waals surface area contributed by atoms with Gasteiger partial charge in [0, 0.05) is 17.8 Å². The van der Waals surface area contributed by atoms with Crippen LogP contribution in [0, 0.1) is 0 Å². The van der Waals surface area contributed by atoms with E-state index >= 15 is 0 Å². The summed E-state index contributed by atoms with van der Waals surface area (Å²) in [6, 6.07) is 11.2. The van der Waals surface area contributed by atoms with Gasteiger partial charge in [-0.25, -0.2) is 4.98 Å². The summed E-state index contributed by atoms with van der Waals surface area (Å²) in [4.78, 5) is 16.9. The van der Waals surface area contributed by atoms with Crippen LogP contribution in [0.15, 0.2) is 65.4 Å². The fourth-order valence-electron chi connectivity index (χ4n) is 2.78. The summed E-state index contributed by atoms with van der Waals surface area (Å²) in [5.41, 5.74) is 0.346. The van der Waals surface area contributed by atoms with Crippen LogP contribution < -0.4 is 5.32 Å². The van der Waals surface area contributed by atoms with Crippen molar-refractivity contribution in [2.45, 2.75) is 17.4 Å². The molecule has 0 spiro atoms. The van der Waals surface area contributed by atoms with E-state index in [4.69, 9.17) is 0 Å². The van der Waals surface area contributed by atoms with E-state index in [0.29, 0.717) is 0 Å². The van der Waals surface area contributed by atoms with Gasteiger partial charge in [0.15, 0.2) is 10.8 Å². The monoisotopic (exact) mass is 449 g/mol. The molecule has 3 aromatic heterocycles. The molecule has 154 valence electrons. The molecule has 1 aromatic carbocycles. The molecule has 6 nitrogen and oxygen atoms in total. The highest BCUT2D eigenvalue weighted by Gasteiger charge is 2.31. The Labute approximate surface area is 177 Å². The Morgan fingerprint density at radius 2 is 1.97 bits per heavy atom. The summed E-state index contributed by atoms with van der Waals surface area (Å²) in [5, 5.41) is 13.5. The molecule has 4 aromatic rings. The number of rotatable bonds is 6. The zero-order valence-electron chi connectivity index (χ0n) is 15.2. The normalized spacial score (nSPS) is 12.8. The fraction of sp³-hybridized carbons (Fsp3) is 0.158. The molecule has 0 aliphatic rings. The summed E-state index contributed by atoms with van der Waals surface area (Å²) in [7, 11) is 0. The van der Waals surface area contributed by atoms with Crippen molar-refractivity contribution in [1.29, 1.82) is 0 Å². The number of thioether (sulfide) groups is 1. The molecule has 0 radical (unpaired) electrons. The van der Waals surface area contributed by atoms with E-state index in [1.165, 1.54) is 21.8 Å². The number of benzene rings is 1. The number of fused-ring (bicyclic) bond motifs is 1. The molecule has 1 atom stereocenters. The maximum atomic E-state index is 13.0. The second kappa shape index (κ2) is 8.44. The Hall–Kier alpha value is -2.92. The van der Waals surface area contributed by atoms with Gasteiger partial charge < -0.3 is 5.32 Å². The van der Waals surface area contributed by atoms with Crippen molar-refractivity contribution < 1.29 is 18.0 Å². The Morgan fingerprint density at radius 3 is 2.67 bits per heavy atom. The van der Waals surface area contributed by atoms with Gasteiger partial charge in [-0.3, -0.25) is 9.20 Å². The topological polar surface area (TPSA) is 72.2 Å². The molecule has 4 rings (SSSR count). The number of amides is 1. The van der Waals surface area contributed by atoms with Crippen molar-refractivity contribution in [2.75, 3.05) is 5.75 Å². The Kier molecular flexibility index (Phi) is 5.73. The molecule has 1 unspecified atom stereocenters. The average molecular weight is 449 g/mol. The van der Waals surface area contributed by atoms with E-state index in [1.54, 1.807) is 6.20 Å². The Balaban J connectivity index is 1.49. The van der Waals surface area contributed by atoms with Crippen molar-refractivity contribution in [3.63, 3.8) is 0 Å². The number of aromatic nitrogens is 4. The van der Waals surface area contributed by atoms with E-state index < -0.39 is 17.8 Å². The van der Waals surface area contributed by atoms with Crippen LogP contribution in [-0.2, 0) is 11.0 Å². The molecule has 3 heterocycles. The summed E-state index contributed by atoms with van der Waals surface area (Å²) in [6.07, 6.45) is -1.89. The third kappa shape index (κ3) is 4.46. The van der Waals surface area contributed by atoms with Crippen molar-refractivity contribution in [3.8, 4) is 0 Å². The van der Waals surface area contributed by atoms with Crippen LogP contribution in [-0.4, -0.2) is 31.2 Å². The first kappa shape index (κ1) is 20.4. The van der Waals surface area contributed by atoms with Gasteiger partial charge in [-0.15, -0.1) is 21.5 Å². The van der Waals surface area contributed by atoms with Crippen LogP contribution in [0.25, 0.3) is 5.65 Å². The largest absolute Gasteiger partial charge is 0.417 e. The molecule has 0 saturated heterocycles. The first-order valence-electron chi connectivity index (χ1n) is 8.70. The van der Waals surface area contributed by atoms with Crippen LogP contribution in [0.1, 0.15) is 22.2 Å². The number of hydrogen-bond acceptors (Lipinski definition) is 6. The highest BCUT2D eigenvalue weighted by atomic mass is 32.2. The number of halogens is 3. The highest BCUT2D eigenvalue weighted by molar-refractivity contribution is 7.99. The van der Waals surface area contributed by atoms with Crippen molar-refractivity contribution in [2.24, 2.45) is 0 Å². The molecule has 1 N–H and O–H groups in total. The van der Waals surface area contributed by atoms with Crippen LogP contribution in [0.4, 0.5) is 13.2 Å². The zero-order chi connectivity index (χ0) is 21.1. The number of nitrogens with one attached hydrogen (secondary N) is 1. The van der Waals surface area contributed by atoms with E-state index in [-0.39, 0.29) is 22.5 Å². The predicted octanol–water partition coefficient (Wildman–Crippen LogP) is 4.20. The second-order valence-corrected chi connectivity index (χ2v) is 8.07. The number of hydrogen-bond donors (Lipinski definition) is 1. The van der Waals surface area contributed by atoms with E-state index in [0.717, 1.165) is 34.6 Å². The molecule has 0 bridgehead atoms. The maximum absolute atomic E-state index is 13.0. The lowest BCUT2D eigenvalue weighted by Crippen LogP contribution is -2.30. The van der Waals surface area contributed by atoms with E-state index in [9.17, 15) is 18.0 Å². The minimum absolute atomic E-state index is 0.0360. The van der Waals surface area contributed by atoms with Gasteiger partial charge >= 0.3 is 6.18 Å². The molecule has 0 fully saturated rings. The third-order valence-electron chi connectivity index (χ3n) is 4.17. The summed E-state index contributed by atoms with van der Waals surface area (Å²) < 4.78 is 40.2. The summed E-state index contributed by atoms with van der Waals surface area (Å²) in [6.45, 7) is 0. The average Bonchev–Trinajstić information content (AvgIpc) is 3.40. The number of thiazole rings is 1. The minimum Gasteiger partial charge on any atom is -0.342 e. The number of carbonyl (C=O) groups excluding carboxylic acids is 1. The van der Waals surface area contributed by atoms with E-state index in [1.807, 2.05) is 35.7 Å². The van der Waals surface area contributed by atoms with Gasteiger partial charge in [0.2, 0.25) is 5.91 Å². The van der Waals surface area contributed by atoms with Crippen molar-refractivity contribution in [1.82, 2.24) is 24.9 Å². The molecule has 11 heteroatoms. The molecule has 0 saturated carbocycles. The van der Waals surface area contributed by atoms with Crippen LogP contribution in [0.5, 0.6) is 0 Å². The van der Waals surface area contributed by atoms with Gasteiger partial charge in [0.05, 0.1) is 11.3 Å². The van der Waals surface area contributed by atoms with Gasteiger partial charge in [0.1, 0.15) is 11.0 Å².